The van der Waals surface area contributed by atoms with Crippen LogP contribution in [0.25, 0.3) is 0 Å². The van der Waals surface area contributed by atoms with E-state index in [1.807, 2.05) is 36.4 Å². The van der Waals surface area contributed by atoms with Gasteiger partial charge in [0.1, 0.15) is 11.5 Å². The highest BCUT2D eigenvalue weighted by Crippen LogP contribution is 2.27. The number of rotatable bonds is 13. The number of hydrogen-bond donors (Lipinski definition) is 1. The Balaban J connectivity index is 1.43. The van der Waals surface area contributed by atoms with Crippen LogP contribution in [0.4, 0.5) is 5.69 Å². The number of benzene rings is 3. The second-order valence-electron chi connectivity index (χ2n) is 7.97. The molecule has 0 saturated heterocycles. The van der Waals surface area contributed by atoms with Crippen molar-refractivity contribution in [3.8, 4) is 11.5 Å². The topological polar surface area (TPSA) is 47.6 Å². The summed E-state index contributed by atoms with van der Waals surface area (Å²) in [5.74, 6) is 1.39. The number of nitrogens with one attached hydrogen (secondary N) is 1. The van der Waals surface area contributed by atoms with E-state index in [-0.39, 0.29) is 5.91 Å². The van der Waals surface area contributed by atoms with Crippen LogP contribution in [-0.4, -0.2) is 19.1 Å². The molecule has 0 heterocycles. The van der Waals surface area contributed by atoms with Crippen LogP contribution < -0.4 is 14.8 Å². The first kappa shape index (κ1) is 24.8. The van der Waals surface area contributed by atoms with Gasteiger partial charge in [-0.2, -0.15) is 0 Å². The standard InChI is InChI=1S/C28H32BrNO3/c1-2-3-4-8-19-33-27-18-13-23(21-26(27)29)28(31)30-24-14-16-25(17-15-24)32-20-9-12-22-10-6-5-7-11-22/h5-7,10-11,13-18,21H,2-4,8-9,12,19-20H2,1H3,(H,30,31). The molecule has 0 aliphatic carbocycles. The fourth-order valence-electron chi connectivity index (χ4n) is 3.42. The molecule has 0 unspecified atom stereocenters. The van der Waals surface area contributed by atoms with Crippen molar-refractivity contribution in [2.45, 2.75) is 45.4 Å². The monoisotopic (exact) mass is 509 g/mol. The van der Waals surface area contributed by atoms with Crippen LogP contribution in [0.5, 0.6) is 11.5 Å². The van der Waals surface area contributed by atoms with Crippen LogP contribution in [0.1, 0.15) is 54.9 Å². The molecule has 1 N–H and O–H groups in total. The third-order valence-electron chi connectivity index (χ3n) is 5.28. The Kier molecular flexibility index (Phi) is 10.3. The van der Waals surface area contributed by atoms with E-state index in [1.165, 1.54) is 24.8 Å². The summed E-state index contributed by atoms with van der Waals surface area (Å²) in [6, 6.07) is 23.3. The molecule has 3 aromatic carbocycles. The van der Waals surface area contributed by atoms with E-state index in [0.717, 1.165) is 40.9 Å². The zero-order chi connectivity index (χ0) is 23.3. The third-order valence-corrected chi connectivity index (χ3v) is 5.90. The molecule has 0 aliphatic heterocycles. The Morgan fingerprint density at radius 2 is 1.61 bits per heavy atom. The minimum absolute atomic E-state index is 0.165. The molecule has 0 fully saturated rings. The SMILES string of the molecule is CCCCCCOc1ccc(C(=O)Nc2ccc(OCCCc3ccccc3)cc2)cc1Br. The van der Waals surface area contributed by atoms with Gasteiger partial charge in [-0.15, -0.1) is 0 Å². The summed E-state index contributed by atoms with van der Waals surface area (Å²) >= 11 is 3.52. The van der Waals surface area contributed by atoms with Crippen LogP contribution >= 0.6 is 15.9 Å². The summed E-state index contributed by atoms with van der Waals surface area (Å²) < 4.78 is 12.4. The van der Waals surface area contributed by atoms with Gasteiger partial charge in [-0.1, -0.05) is 56.5 Å². The summed E-state index contributed by atoms with van der Waals surface area (Å²) in [6.45, 7) is 3.53. The Hall–Kier alpha value is -2.79. The number of carbonyl (C=O) groups is 1. The average molecular weight is 510 g/mol. The maximum Gasteiger partial charge on any atom is 0.255 e. The van der Waals surface area contributed by atoms with E-state index >= 15 is 0 Å². The summed E-state index contributed by atoms with van der Waals surface area (Å²) in [5.41, 5.74) is 2.61. The second-order valence-corrected chi connectivity index (χ2v) is 8.82. The van der Waals surface area contributed by atoms with Crippen molar-refractivity contribution < 1.29 is 14.3 Å². The van der Waals surface area contributed by atoms with Crippen LogP contribution in [0.3, 0.4) is 0 Å². The van der Waals surface area contributed by atoms with Gasteiger partial charge in [0.2, 0.25) is 0 Å². The highest BCUT2D eigenvalue weighted by atomic mass is 79.9. The Bertz CT molecular complexity index is 990. The normalized spacial score (nSPS) is 10.6. The molecule has 3 rings (SSSR count). The number of carbonyl (C=O) groups excluding carboxylic acids is 1. The van der Waals surface area contributed by atoms with Gasteiger partial charge in [-0.3, -0.25) is 4.79 Å². The first-order valence-electron chi connectivity index (χ1n) is 11.7. The fourth-order valence-corrected chi connectivity index (χ4v) is 3.91. The fraction of sp³-hybridized carbons (Fsp3) is 0.321. The van der Waals surface area contributed by atoms with Gasteiger partial charge in [0.25, 0.3) is 5.91 Å². The summed E-state index contributed by atoms with van der Waals surface area (Å²) in [6.07, 6.45) is 6.59. The maximum absolute atomic E-state index is 12.6. The van der Waals surface area contributed by atoms with E-state index in [2.05, 4.69) is 52.4 Å². The highest BCUT2D eigenvalue weighted by molar-refractivity contribution is 9.10. The molecule has 1 amide bonds. The van der Waals surface area contributed by atoms with Gasteiger partial charge in [-0.25, -0.2) is 0 Å². The molecule has 0 spiro atoms. The maximum atomic E-state index is 12.6. The molecule has 0 aromatic heterocycles. The zero-order valence-corrected chi connectivity index (χ0v) is 20.8. The summed E-state index contributed by atoms with van der Waals surface area (Å²) in [5, 5.41) is 2.93. The molecular formula is C28H32BrNO3. The first-order valence-corrected chi connectivity index (χ1v) is 12.5. The van der Waals surface area contributed by atoms with Crippen LogP contribution in [-0.2, 0) is 6.42 Å². The lowest BCUT2D eigenvalue weighted by Crippen LogP contribution is -2.12. The second kappa shape index (κ2) is 13.7. The van der Waals surface area contributed by atoms with Gasteiger partial charge < -0.3 is 14.8 Å². The molecule has 33 heavy (non-hydrogen) atoms. The quantitative estimate of drug-likeness (QED) is 0.240. The Morgan fingerprint density at radius 1 is 0.848 bits per heavy atom. The Morgan fingerprint density at radius 3 is 2.33 bits per heavy atom. The van der Waals surface area contributed by atoms with Crippen LogP contribution in [0, 0.1) is 0 Å². The molecule has 174 valence electrons. The number of ether oxygens (including phenoxy) is 2. The lowest BCUT2D eigenvalue weighted by atomic mass is 10.1. The van der Waals surface area contributed by atoms with Crippen molar-refractivity contribution >= 4 is 27.5 Å². The van der Waals surface area contributed by atoms with Gasteiger partial charge in [-0.05, 0) is 83.2 Å². The van der Waals surface area contributed by atoms with E-state index < -0.39 is 0 Å². The van der Waals surface area contributed by atoms with Crippen molar-refractivity contribution in [2.75, 3.05) is 18.5 Å². The molecule has 0 atom stereocenters. The summed E-state index contributed by atoms with van der Waals surface area (Å²) in [7, 11) is 0. The predicted octanol–water partition coefficient (Wildman–Crippen LogP) is 7.67. The molecule has 4 nitrogen and oxygen atoms in total. The number of anilines is 1. The molecule has 0 saturated carbocycles. The average Bonchev–Trinajstić information content (AvgIpc) is 2.84. The van der Waals surface area contributed by atoms with Crippen molar-refractivity contribution in [2.24, 2.45) is 0 Å². The number of hydrogen-bond acceptors (Lipinski definition) is 3. The smallest absolute Gasteiger partial charge is 0.255 e. The minimum atomic E-state index is -0.165. The first-order chi connectivity index (χ1) is 16.2. The lowest BCUT2D eigenvalue weighted by Gasteiger charge is -2.11. The zero-order valence-electron chi connectivity index (χ0n) is 19.2. The molecule has 5 heteroatoms. The number of unbranched alkanes of at least 4 members (excludes halogenated alkanes) is 3. The molecule has 0 aliphatic rings. The molecule has 0 radical (unpaired) electrons. The molecule has 0 bridgehead atoms. The number of amides is 1. The van der Waals surface area contributed by atoms with Gasteiger partial charge in [0.05, 0.1) is 17.7 Å². The highest BCUT2D eigenvalue weighted by Gasteiger charge is 2.10. The Labute approximate surface area is 205 Å². The third kappa shape index (κ3) is 8.58. The summed E-state index contributed by atoms with van der Waals surface area (Å²) in [4.78, 5) is 12.6. The van der Waals surface area contributed by atoms with Crippen molar-refractivity contribution in [1.29, 1.82) is 0 Å². The van der Waals surface area contributed by atoms with Crippen LogP contribution in [0.2, 0.25) is 0 Å². The van der Waals surface area contributed by atoms with Crippen molar-refractivity contribution in [1.82, 2.24) is 0 Å². The van der Waals surface area contributed by atoms with Gasteiger partial charge in [0, 0.05) is 11.3 Å². The predicted molar refractivity (Wildman–Crippen MR) is 138 cm³/mol. The van der Waals surface area contributed by atoms with E-state index in [4.69, 9.17) is 9.47 Å². The van der Waals surface area contributed by atoms with Crippen molar-refractivity contribution in [3.63, 3.8) is 0 Å². The minimum Gasteiger partial charge on any atom is -0.494 e. The molecule has 3 aromatic rings. The van der Waals surface area contributed by atoms with E-state index in [9.17, 15) is 4.79 Å². The lowest BCUT2D eigenvalue weighted by molar-refractivity contribution is 0.102. The molecular weight excluding hydrogens is 478 g/mol. The van der Waals surface area contributed by atoms with E-state index in [1.54, 1.807) is 12.1 Å². The number of halogens is 1. The van der Waals surface area contributed by atoms with Crippen LogP contribution in [0.15, 0.2) is 77.3 Å². The van der Waals surface area contributed by atoms with Gasteiger partial charge in [0.15, 0.2) is 0 Å². The largest absolute Gasteiger partial charge is 0.494 e. The number of aryl methyl sites for hydroxylation is 1. The van der Waals surface area contributed by atoms with E-state index in [0.29, 0.717) is 18.8 Å². The van der Waals surface area contributed by atoms with Gasteiger partial charge >= 0.3 is 0 Å². The van der Waals surface area contributed by atoms with Crippen molar-refractivity contribution in [3.05, 3.63) is 88.4 Å².